The predicted molar refractivity (Wildman–Crippen MR) is 131 cm³/mol. The van der Waals surface area contributed by atoms with Gasteiger partial charge in [0.15, 0.2) is 0 Å². The number of likely N-dealkylation sites (N-methyl/N-ethyl adjacent to an activating group) is 1. The lowest BCUT2D eigenvalue weighted by molar-refractivity contribution is 0.113. The van der Waals surface area contributed by atoms with Crippen LogP contribution in [0.3, 0.4) is 0 Å². The quantitative estimate of drug-likeness (QED) is 0.694. The SMILES string of the molecule is CN1CCN(C(CNS(=O)(=O)c2ccc3c(c2)CCCC3)c2ccc(N(C)C)cc2)CC1. The zero-order chi connectivity index (χ0) is 22.7. The lowest BCUT2D eigenvalue weighted by Crippen LogP contribution is -2.48. The Morgan fingerprint density at radius 1 is 0.938 bits per heavy atom. The molecule has 1 aliphatic carbocycles. The normalized spacial score (nSPS) is 18.8. The van der Waals surface area contributed by atoms with Crippen molar-refractivity contribution < 1.29 is 8.42 Å². The van der Waals surface area contributed by atoms with Crippen LogP contribution < -0.4 is 9.62 Å². The largest absolute Gasteiger partial charge is 0.378 e. The number of rotatable bonds is 7. The maximum atomic E-state index is 13.2. The molecule has 1 unspecified atom stereocenters. The van der Waals surface area contributed by atoms with Gasteiger partial charge >= 0.3 is 0 Å². The Morgan fingerprint density at radius 2 is 1.59 bits per heavy atom. The van der Waals surface area contributed by atoms with Gasteiger partial charge in [0.25, 0.3) is 0 Å². The highest BCUT2D eigenvalue weighted by atomic mass is 32.2. The van der Waals surface area contributed by atoms with E-state index >= 15 is 0 Å². The molecule has 1 aliphatic heterocycles. The summed E-state index contributed by atoms with van der Waals surface area (Å²) < 4.78 is 29.3. The van der Waals surface area contributed by atoms with E-state index in [-0.39, 0.29) is 6.04 Å². The number of piperazine rings is 1. The molecule has 0 bridgehead atoms. The van der Waals surface area contributed by atoms with E-state index in [4.69, 9.17) is 0 Å². The van der Waals surface area contributed by atoms with Crippen molar-refractivity contribution >= 4 is 15.7 Å². The minimum Gasteiger partial charge on any atom is -0.378 e. The predicted octanol–water partition coefficient (Wildman–Crippen LogP) is 2.90. The van der Waals surface area contributed by atoms with Crippen LogP contribution in [-0.2, 0) is 22.9 Å². The van der Waals surface area contributed by atoms with Gasteiger partial charge in [0.1, 0.15) is 0 Å². The van der Waals surface area contributed by atoms with Gasteiger partial charge in [-0.3, -0.25) is 4.90 Å². The van der Waals surface area contributed by atoms with E-state index in [0.717, 1.165) is 56.7 Å². The maximum absolute atomic E-state index is 13.2. The van der Waals surface area contributed by atoms with Gasteiger partial charge in [0, 0.05) is 58.5 Å². The number of benzene rings is 2. The molecule has 6 nitrogen and oxygen atoms in total. The van der Waals surface area contributed by atoms with Crippen molar-refractivity contribution in [2.45, 2.75) is 36.6 Å². The average Bonchev–Trinajstić information content (AvgIpc) is 2.80. The second kappa shape index (κ2) is 9.91. The highest BCUT2D eigenvalue weighted by Crippen LogP contribution is 2.26. The highest BCUT2D eigenvalue weighted by Gasteiger charge is 2.26. The lowest BCUT2D eigenvalue weighted by Gasteiger charge is -2.38. The summed E-state index contributed by atoms with van der Waals surface area (Å²) in [7, 11) is 2.63. The Bertz CT molecular complexity index is 1010. The number of aryl methyl sites for hydroxylation is 2. The van der Waals surface area contributed by atoms with Crippen molar-refractivity contribution in [2.24, 2.45) is 0 Å². The van der Waals surface area contributed by atoms with Crippen LogP contribution in [0.5, 0.6) is 0 Å². The number of sulfonamides is 1. The van der Waals surface area contributed by atoms with Crippen molar-refractivity contribution in [3.63, 3.8) is 0 Å². The van der Waals surface area contributed by atoms with Crippen LogP contribution in [0, 0.1) is 0 Å². The molecule has 1 heterocycles. The minimum absolute atomic E-state index is 0.00677. The number of anilines is 1. The highest BCUT2D eigenvalue weighted by molar-refractivity contribution is 7.89. The molecule has 1 N–H and O–H groups in total. The molecule has 2 aromatic rings. The van der Waals surface area contributed by atoms with Gasteiger partial charge in [0.05, 0.1) is 4.90 Å². The van der Waals surface area contributed by atoms with Crippen LogP contribution in [0.4, 0.5) is 5.69 Å². The number of fused-ring (bicyclic) bond motifs is 1. The topological polar surface area (TPSA) is 55.9 Å². The number of hydrogen-bond acceptors (Lipinski definition) is 5. The third-order valence-electron chi connectivity index (χ3n) is 6.87. The molecule has 1 fully saturated rings. The van der Waals surface area contributed by atoms with Crippen LogP contribution in [0.25, 0.3) is 0 Å². The molecule has 4 rings (SSSR count). The number of hydrogen-bond donors (Lipinski definition) is 1. The molecule has 1 saturated heterocycles. The molecule has 7 heteroatoms. The van der Waals surface area contributed by atoms with Crippen LogP contribution in [0.2, 0.25) is 0 Å². The summed E-state index contributed by atoms with van der Waals surface area (Å²) in [6.45, 7) is 4.20. The summed E-state index contributed by atoms with van der Waals surface area (Å²) in [6.07, 6.45) is 4.35. The van der Waals surface area contributed by atoms with Crippen LogP contribution >= 0.6 is 0 Å². The van der Waals surface area contributed by atoms with E-state index in [1.807, 2.05) is 26.2 Å². The second-order valence-corrected chi connectivity index (χ2v) is 11.1. The number of nitrogens with zero attached hydrogens (tertiary/aromatic N) is 3. The Labute approximate surface area is 193 Å². The number of nitrogens with one attached hydrogen (secondary N) is 1. The summed E-state index contributed by atoms with van der Waals surface area (Å²) in [5.74, 6) is 0. The Balaban J connectivity index is 1.53. The molecule has 1 atom stereocenters. The van der Waals surface area contributed by atoms with Gasteiger partial charge in [-0.25, -0.2) is 13.1 Å². The monoisotopic (exact) mass is 456 g/mol. The van der Waals surface area contributed by atoms with E-state index in [2.05, 4.69) is 50.7 Å². The molecule has 0 amide bonds. The van der Waals surface area contributed by atoms with E-state index in [1.54, 1.807) is 6.07 Å². The molecule has 32 heavy (non-hydrogen) atoms. The fourth-order valence-corrected chi connectivity index (χ4v) is 5.82. The van der Waals surface area contributed by atoms with Gasteiger partial charge < -0.3 is 9.80 Å². The second-order valence-electron chi connectivity index (χ2n) is 9.33. The van der Waals surface area contributed by atoms with Crippen molar-refractivity contribution in [1.29, 1.82) is 0 Å². The standard InChI is InChI=1S/C25H36N4O2S/c1-27(2)23-11-8-21(9-12-23)25(29-16-14-28(3)15-17-29)19-26-32(30,31)24-13-10-20-6-4-5-7-22(20)18-24/h8-13,18,25-26H,4-7,14-17,19H2,1-3H3. The third-order valence-corrected chi connectivity index (χ3v) is 8.29. The molecule has 174 valence electrons. The lowest BCUT2D eigenvalue weighted by atomic mass is 9.92. The smallest absolute Gasteiger partial charge is 0.240 e. The van der Waals surface area contributed by atoms with Crippen LogP contribution in [0.15, 0.2) is 47.4 Å². The molecular formula is C25H36N4O2S. The van der Waals surface area contributed by atoms with Gasteiger partial charge in [-0.05, 0) is 73.7 Å². The fourth-order valence-electron chi connectivity index (χ4n) is 4.73. The average molecular weight is 457 g/mol. The van der Waals surface area contributed by atoms with E-state index in [0.29, 0.717) is 11.4 Å². The van der Waals surface area contributed by atoms with Gasteiger partial charge in [0.2, 0.25) is 10.0 Å². The van der Waals surface area contributed by atoms with Crippen molar-refractivity contribution in [1.82, 2.24) is 14.5 Å². The third kappa shape index (κ3) is 5.34. The van der Waals surface area contributed by atoms with Crippen molar-refractivity contribution in [3.05, 3.63) is 59.2 Å². The minimum atomic E-state index is -3.56. The van der Waals surface area contributed by atoms with Crippen molar-refractivity contribution in [3.8, 4) is 0 Å². The van der Waals surface area contributed by atoms with E-state index < -0.39 is 10.0 Å². The fraction of sp³-hybridized carbons (Fsp3) is 0.520. The summed E-state index contributed by atoms with van der Waals surface area (Å²) in [6, 6.07) is 14.1. The van der Waals surface area contributed by atoms with Crippen LogP contribution in [0.1, 0.15) is 35.6 Å². The van der Waals surface area contributed by atoms with Gasteiger partial charge in [-0.1, -0.05) is 18.2 Å². The Hall–Kier alpha value is -1.93. The Kier molecular flexibility index (Phi) is 7.20. The molecule has 0 aromatic heterocycles. The first-order valence-corrected chi connectivity index (χ1v) is 13.1. The zero-order valence-corrected chi connectivity index (χ0v) is 20.4. The maximum Gasteiger partial charge on any atom is 0.240 e. The first kappa shape index (κ1) is 23.2. The van der Waals surface area contributed by atoms with E-state index in [9.17, 15) is 8.42 Å². The Morgan fingerprint density at radius 3 is 2.25 bits per heavy atom. The summed E-state index contributed by atoms with van der Waals surface area (Å²) >= 11 is 0. The van der Waals surface area contributed by atoms with Crippen molar-refractivity contribution in [2.75, 3.05) is 58.8 Å². The molecule has 2 aromatic carbocycles. The summed E-state index contributed by atoms with van der Waals surface area (Å²) in [5.41, 5.74) is 4.77. The first-order chi connectivity index (χ1) is 15.3. The summed E-state index contributed by atoms with van der Waals surface area (Å²) in [4.78, 5) is 7.19. The van der Waals surface area contributed by atoms with Gasteiger partial charge in [-0.15, -0.1) is 0 Å². The molecule has 2 aliphatic rings. The van der Waals surface area contributed by atoms with E-state index in [1.165, 1.54) is 17.5 Å². The molecule has 0 spiro atoms. The zero-order valence-electron chi connectivity index (χ0n) is 19.5. The molecular weight excluding hydrogens is 420 g/mol. The van der Waals surface area contributed by atoms with Crippen LogP contribution in [-0.4, -0.2) is 72.1 Å². The van der Waals surface area contributed by atoms with Gasteiger partial charge in [-0.2, -0.15) is 0 Å². The first-order valence-electron chi connectivity index (χ1n) is 11.6. The summed E-state index contributed by atoms with van der Waals surface area (Å²) in [5, 5.41) is 0. The molecule has 0 saturated carbocycles. The molecule has 0 radical (unpaired) electrons.